The van der Waals surface area contributed by atoms with Gasteiger partial charge in [0.2, 0.25) is 0 Å². The first kappa shape index (κ1) is 12.1. The summed E-state index contributed by atoms with van der Waals surface area (Å²) in [5.41, 5.74) is 0.368. The Kier molecular flexibility index (Phi) is 4.31. The van der Waals surface area contributed by atoms with Gasteiger partial charge >= 0.3 is 11.9 Å². The molecule has 0 radical (unpaired) electrons. The van der Waals surface area contributed by atoms with Gasteiger partial charge in [-0.1, -0.05) is 18.2 Å². The molecule has 0 aliphatic carbocycles. The highest BCUT2D eigenvalue weighted by Gasteiger charge is 2.10. The Bertz CT molecular complexity index is 348. The molecular formula is C9H11NO4. The zero-order chi connectivity index (χ0) is 9.84. The van der Waals surface area contributed by atoms with E-state index in [2.05, 4.69) is 0 Å². The Morgan fingerprint density at radius 2 is 1.71 bits per heavy atom. The number of carbonyl (C=O) groups is 2. The molecule has 76 valence electrons. The first-order valence-electron chi connectivity index (χ1n) is 3.64. The largest absolute Gasteiger partial charge is 0.481 e. The van der Waals surface area contributed by atoms with E-state index in [1.165, 1.54) is 12.1 Å². The smallest absolute Gasteiger partial charge is 0.335 e. The molecule has 0 unspecified atom stereocenters. The van der Waals surface area contributed by atoms with Crippen molar-refractivity contribution in [2.75, 3.05) is 0 Å². The van der Waals surface area contributed by atoms with Gasteiger partial charge in [-0.05, 0) is 11.6 Å². The van der Waals surface area contributed by atoms with Crippen LogP contribution in [-0.4, -0.2) is 22.2 Å². The van der Waals surface area contributed by atoms with Gasteiger partial charge in [0.05, 0.1) is 12.0 Å². The zero-order valence-electron chi connectivity index (χ0n) is 7.43. The summed E-state index contributed by atoms with van der Waals surface area (Å²) >= 11 is 0. The lowest BCUT2D eigenvalue weighted by atomic mass is 10.1. The molecule has 1 aromatic rings. The van der Waals surface area contributed by atoms with Crippen molar-refractivity contribution in [1.82, 2.24) is 6.15 Å². The van der Waals surface area contributed by atoms with E-state index in [9.17, 15) is 9.59 Å². The lowest BCUT2D eigenvalue weighted by Gasteiger charge is -2.01. The van der Waals surface area contributed by atoms with Crippen LogP contribution in [0, 0.1) is 0 Å². The average Bonchev–Trinajstić information content (AvgIpc) is 2.03. The predicted octanol–water partition coefficient (Wildman–Crippen LogP) is 1.17. The third-order valence-electron chi connectivity index (χ3n) is 1.59. The number of carboxylic acids is 2. The van der Waals surface area contributed by atoms with Gasteiger partial charge in [0.1, 0.15) is 0 Å². The van der Waals surface area contributed by atoms with Crippen LogP contribution < -0.4 is 6.15 Å². The van der Waals surface area contributed by atoms with E-state index in [-0.39, 0.29) is 18.1 Å². The molecule has 5 heteroatoms. The quantitative estimate of drug-likeness (QED) is 0.673. The lowest BCUT2D eigenvalue weighted by Crippen LogP contribution is -2.07. The first-order valence-corrected chi connectivity index (χ1v) is 3.64. The van der Waals surface area contributed by atoms with Crippen molar-refractivity contribution in [3.63, 3.8) is 0 Å². The van der Waals surface area contributed by atoms with Gasteiger partial charge in [-0.3, -0.25) is 4.79 Å². The van der Waals surface area contributed by atoms with E-state index >= 15 is 0 Å². The Hall–Kier alpha value is -1.88. The fraction of sp³-hybridized carbons (Fsp3) is 0.111. The topological polar surface area (TPSA) is 110 Å². The second-order valence-electron chi connectivity index (χ2n) is 2.53. The van der Waals surface area contributed by atoms with Crippen molar-refractivity contribution in [3.8, 4) is 0 Å². The van der Waals surface area contributed by atoms with Crippen molar-refractivity contribution in [2.24, 2.45) is 0 Å². The minimum atomic E-state index is -1.10. The molecule has 1 rings (SSSR count). The van der Waals surface area contributed by atoms with E-state index in [1.54, 1.807) is 12.1 Å². The summed E-state index contributed by atoms with van der Waals surface area (Å²) in [6, 6.07) is 6.07. The highest BCUT2D eigenvalue weighted by Crippen LogP contribution is 2.09. The zero-order valence-corrected chi connectivity index (χ0v) is 7.43. The Balaban J connectivity index is 0.00000169. The van der Waals surface area contributed by atoms with Crippen LogP contribution in [0.1, 0.15) is 15.9 Å². The Morgan fingerprint density at radius 1 is 1.14 bits per heavy atom. The van der Waals surface area contributed by atoms with E-state index in [0.717, 1.165) is 0 Å². The molecule has 5 N–H and O–H groups in total. The average molecular weight is 197 g/mol. The summed E-state index contributed by atoms with van der Waals surface area (Å²) < 4.78 is 0. The SMILES string of the molecule is N.O=C(O)Cc1ccccc1C(=O)O. The maximum absolute atomic E-state index is 10.6. The summed E-state index contributed by atoms with van der Waals surface area (Å²) in [5.74, 6) is -2.13. The van der Waals surface area contributed by atoms with Gasteiger partial charge in [0, 0.05) is 0 Å². The lowest BCUT2D eigenvalue weighted by molar-refractivity contribution is -0.136. The maximum atomic E-state index is 10.6. The highest BCUT2D eigenvalue weighted by atomic mass is 16.4. The van der Waals surface area contributed by atoms with Crippen LogP contribution in [0.25, 0.3) is 0 Å². The fourth-order valence-electron chi connectivity index (χ4n) is 1.05. The van der Waals surface area contributed by atoms with Crippen LogP contribution in [0.2, 0.25) is 0 Å². The molecule has 0 atom stereocenters. The second kappa shape index (κ2) is 4.98. The van der Waals surface area contributed by atoms with Gasteiger partial charge in [0.25, 0.3) is 0 Å². The molecule has 5 nitrogen and oxygen atoms in total. The number of rotatable bonds is 3. The highest BCUT2D eigenvalue weighted by molar-refractivity contribution is 5.90. The maximum Gasteiger partial charge on any atom is 0.335 e. The van der Waals surface area contributed by atoms with Crippen molar-refractivity contribution in [1.29, 1.82) is 0 Å². The van der Waals surface area contributed by atoms with Crippen LogP contribution in [0.3, 0.4) is 0 Å². The number of aliphatic carboxylic acids is 1. The molecule has 0 aromatic heterocycles. The molecule has 1 aromatic carbocycles. The van der Waals surface area contributed by atoms with Gasteiger partial charge in [-0.25, -0.2) is 4.79 Å². The number of aromatic carboxylic acids is 1. The van der Waals surface area contributed by atoms with Crippen LogP contribution in [0.5, 0.6) is 0 Å². The van der Waals surface area contributed by atoms with Gasteiger partial charge in [0.15, 0.2) is 0 Å². The number of hydrogen-bond donors (Lipinski definition) is 3. The summed E-state index contributed by atoms with van der Waals surface area (Å²) in [6.07, 6.45) is -0.261. The number of carboxylic acid groups (broad SMARTS) is 2. The molecular weight excluding hydrogens is 186 g/mol. The number of hydrogen-bond acceptors (Lipinski definition) is 3. The first-order chi connectivity index (χ1) is 6.11. The van der Waals surface area contributed by atoms with Crippen LogP contribution in [0.15, 0.2) is 24.3 Å². The van der Waals surface area contributed by atoms with Gasteiger partial charge < -0.3 is 16.4 Å². The molecule has 0 fully saturated rings. The molecule has 0 spiro atoms. The third-order valence-corrected chi connectivity index (χ3v) is 1.59. The molecule has 14 heavy (non-hydrogen) atoms. The Morgan fingerprint density at radius 3 is 2.21 bits per heavy atom. The van der Waals surface area contributed by atoms with Crippen LogP contribution in [-0.2, 0) is 11.2 Å². The van der Waals surface area contributed by atoms with Gasteiger partial charge in [-0.15, -0.1) is 0 Å². The van der Waals surface area contributed by atoms with E-state index in [0.29, 0.717) is 5.56 Å². The van der Waals surface area contributed by atoms with E-state index < -0.39 is 11.9 Å². The molecule has 0 saturated heterocycles. The number of benzene rings is 1. The molecule has 0 aliphatic heterocycles. The summed E-state index contributed by atoms with van der Waals surface area (Å²) in [7, 11) is 0. The van der Waals surface area contributed by atoms with Crippen LogP contribution in [0.4, 0.5) is 0 Å². The molecule has 0 aliphatic rings. The van der Waals surface area contributed by atoms with E-state index in [1.807, 2.05) is 0 Å². The Labute approximate surface area is 80.6 Å². The molecule has 0 heterocycles. The van der Waals surface area contributed by atoms with Crippen molar-refractivity contribution >= 4 is 11.9 Å². The molecule has 0 bridgehead atoms. The second-order valence-corrected chi connectivity index (χ2v) is 2.53. The monoisotopic (exact) mass is 197 g/mol. The minimum Gasteiger partial charge on any atom is -0.481 e. The summed E-state index contributed by atoms with van der Waals surface area (Å²) in [5, 5.41) is 17.2. The fourth-order valence-corrected chi connectivity index (χ4v) is 1.05. The molecule has 0 amide bonds. The van der Waals surface area contributed by atoms with Gasteiger partial charge in [-0.2, -0.15) is 0 Å². The van der Waals surface area contributed by atoms with Crippen LogP contribution >= 0.6 is 0 Å². The predicted molar refractivity (Wildman–Crippen MR) is 49.8 cm³/mol. The summed E-state index contributed by atoms with van der Waals surface area (Å²) in [6.45, 7) is 0. The molecule has 0 saturated carbocycles. The van der Waals surface area contributed by atoms with Crippen molar-refractivity contribution in [2.45, 2.75) is 6.42 Å². The van der Waals surface area contributed by atoms with Crippen molar-refractivity contribution in [3.05, 3.63) is 35.4 Å². The normalized spacial score (nSPS) is 8.86. The van der Waals surface area contributed by atoms with E-state index in [4.69, 9.17) is 10.2 Å². The standard InChI is InChI=1S/C9H8O4.H3N/c10-8(11)5-6-3-1-2-4-7(6)9(12)13;/h1-4H,5H2,(H,10,11)(H,12,13);1H3. The summed E-state index contributed by atoms with van der Waals surface area (Å²) in [4.78, 5) is 21.0. The van der Waals surface area contributed by atoms with Crippen molar-refractivity contribution < 1.29 is 19.8 Å². The third kappa shape index (κ3) is 2.87. The minimum absolute atomic E-state index is 0.